The van der Waals surface area contributed by atoms with Gasteiger partial charge in [-0.1, -0.05) is 30.3 Å². The number of hydrogen-bond acceptors (Lipinski definition) is 3. The minimum Gasteiger partial charge on any atom is -0.384 e. The van der Waals surface area contributed by atoms with Gasteiger partial charge >= 0.3 is 0 Å². The minimum absolute atomic E-state index is 0.0267. The number of carbonyl (C=O) groups is 1. The first kappa shape index (κ1) is 19.8. The molecule has 0 bridgehead atoms. The molecule has 2 N–H and O–H groups in total. The third-order valence-corrected chi connectivity index (χ3v) is 4.68. The van der Waals surface area contributed by atoms with Gasteiger partial charge in [-0.25, -0.2) is 0 Å². The third-order valence-electron chi connectivity index (χ3n) is 4.68. The first-order valence-corrected chi connectivity index (χ1v) is 9.48. The molecule has 1 atom stereocenters. The zero-order valence-corrected chi connectivity index (χ0v) is 16.4. The summed E-state index contributed by atoms with van der Waals surface area (Å²) in [6, 6.07) is 16.5. The summed E-state index contributed by atoms with van der Waals surface area (Å²) < 4.78 is 0. The van der Waals surface area contributed by atoms with Crippen molar-refractivity contribution < 1.29 is 4.79 Å². The Morgan fingerprint density at radius 1 is 1.08 bits per heavy atom. The van der Waals surface area contributed by atoms with Gasteiger partial charge in [0.1, 0.15) is 0 Å². The van der Waals surface area contributed by atoms with E-state index in [1.54, 1.807) is 0 Å². The van der Waals surface area contributed by atoms with E-state index >= 15 is 0 Å². The molecule has 0 radical (unpaired) electrons. The van der Waals surface area contributed by atoms with Crippen molar-refractivity contribution in [3.8, 4) is 0 Å². The first-order valence-electron chi connectivity index (χ1n) is 9.48. The standard InChI is InChI=1S/C22H31N3O/c1-5-25(6-2)20-12-13-21(17(3)16-20)23-15-14-22(26)24-18(4)19-10-8-7-9-11-19/h7-13,16,18,23H,5-6,14-15H2,1-4H3,(H,24,26). The van der Waals surface area contributed by atoms with Crippen molar-refractivity contribution in [2.24, 2.45) is 0 Å². The normalized spacial score (nSPS) is 11.7. The van der Waals surface area contributed by atoms with E-state index in [0.29, 0.717) is 13.0 Å². The van der Waals surface area contributed by atoms with E-state index < -0.39 is 0 Å². The highest BCUT2D eigenvalue weighted by molar-refractivity contribution is 5.77. The summed E-state index contributed by atoms with van der Waals surface area (Å²) in [4.78, 5) is 14.5. The SMILES string of the molecule is CCN(CC)c1ccc(NCCC(=O)NC(C)c2ccccc2)c(C)c1. The van der Waals surface area contributed by atoms with E-state index in [1.807, 2.05) is 37.3 Å². The molecule has 2 aromatic rings. The molecule has 2 aromatic carbocycles. The van der Waals surface area contributed by atoms with Crippen LogP contribution in [0.2, 0.25) is 0 Å². The number of nitrogens with zero attached hydrogens (tertiary/aromatic N) is 1. The fourth-order valence-corrected chi connectivity index (χ4v) is 3.08. The molecular weight excluding hydrogens is 322 g/mol. The largest absolute Gasteiger partial charge is 0.384 e. The van der Waals surface area contributed by atoms with Crippen molar-refractivity contribution in [1.82, 2.24) is 5.32 Å². The molecule has 0 heterocycles. The van der Waals surface area contributed by atoms with Crippen molar-refractivity contribution in [1.29, 1.82) is 0 Å². The van der Waals surface area contributed by atoms with E-state index in [1.165, 1.54) is 11.3 Å². The molecule has 2 rings (SSSR count). The number of amides is 1. The van der Waals surface area contributed by atoms with Gasteiger partial charge in [0.25, 0.3) is 0 Å². The fraction of sp³-hybridized carbons (Fsp3) is 0.409. The van der Waals surface area contributed by atoms with Crippen LogP contribution >= 0.6 is 0 Å². The molecule has 0 aliphatic rings. The summed E-state index contributed by atoms with van der Waals surface area (Å²) in [6.07, 6.45) is 0.453. The summed E-state index contributed by atoms with van der Waals surface area (Å²) in [7, 11) is 0. The van der Waals surface area contributed by atoms with Crippen LogP contribution in [-0.2, 0) is 4.79 Å². The fourth-order valence-electron chi connectivity index (χ4n) is 3.08. The van der Waals surface area contributed by atoms with Crippen molar-refractivity contribution in [2.75, 3.05) is 29.9 Å². The number of carbonyl (C=O) groups excluding carboxylic acids is 1. The van der Waals surface area contributed by atoms with Crippen LogP contribution in [0.4, 0.5) is 11.4 Å². The topological polar surface area (TPSA) is 44.4 Å². The van der Waals surface area contributed by atoms with Gasteiger partial charge in [-0.3, -0.25) is 4.79 Å². The molecule has 0 saturated carbocycles. The van der Waals surface area contributed by atoms with Gasteiger partial charge in [0, 0.05) is 37.4 Å². The van der Waals surface area contributed by atoms with Crippen molar-refractivity contribution in [3.05, 3.63) is 59.7 Å². The summed E-state index contributed by atoms with van der Waals surface area (Å²) in [5.41, 5.74) is 4.65. The molecule has 0 aliphatic heterocycles. The van der Waals surface area contributed by atoms with Crippen LogP contribution in [0.5, 0.6) is 0 Å². The predicted molar refractivity (Wildman–Crippen MR) is 111 cm³/mol. The van der Waals surface area contributed by atoms with E-state index in [4.69, 9.17) is 0 Å². The second-order valence-corrected chi connectivity index (χ2v) is 6.55. The van der Waals surface area contributed by atoms with E-state index in [0.717, 1.165) is 24.3 Å². The molecule has 0 fully saturated rings. The van der Waals surface area contributed by atoms with Crippen LogP contribution in [-0.4, -0.2) is 25.5 Å². The maximum Gasteiger partial charge on any atom is 0.222 e. The quantitative estimate of drug-likeness (QED) is 0.696. The lowest BCUT2D eigenvalue weighted by molar-refractivity contribution is -0.121. The molecule has 0 aliphatic carbocycles. The molecule has 0 aromatic heterocycles. The number of hydrogen-bond donors (Lipinski definition) is 2. The van der Waals surface area contributed by atoms with Crippen LogP contribution < -0.4 is 15.5 Å². The lowest BCUT2D eigenvalue weighted by Gasteiger charge is -2.22. The third kappa shape index (κ3) is 5.51. The highest BCUT2D eigenvalue weighted by Gasteiger charge is 2.09. The number of aryl methyl sites for hydroxylation is 1. The average Bonchev–Trinajstić information content (AvgIpc) is 2.65. The number of benzene rings is 2. The average molecular weight is 354 g/mol. The van der Waals surface area contributed by atoms with E-state index in [-0.39, 0.29) is 11.9 Å². The van der Waals surface area contributed by atoms with Gasteiger partial charge in [0.15, 0.2) is 0 Å². The zero-order chi connectivity index (χ0) is 18.9. The Bertz CT molecular complexity index is 696. The van der Waals surface area contributed by atoms with Gasteiger partial charge in [0.05, 0.1) is 6.04 Å². The molecule has 4 nitrogen and oxygen atoms in total. The Balaban J connectivity index is 1.82. The molecule has 140 valence electrons. The van der Waals surface area contributed by atoms with Crippen LogP contribution in [0.3, 0.4) is 0 Å². The monoisotopic (exact) mass is 353 g/mol. The molecule has 0 spiro atoms. The smallest absolute Gasteiger partial charge is 0.222 e. The Kier molecular flexibility index (Phi) is 7.52. The van der Waals surface area contributed by atoms with Crippen molar-refractivity contribution in [2.45, 2.75) is 40.2 Å². The number of nitrogens with one attached hydrogen (secondary N) is 2. The summed E-state index contributed by atoms with van der Waals surface area (Å²) >= 11 is 0. The highest BCUT2D eigenvalue weighted by atomic mass is 16.1. The molecule has 1 unspecified atom stereocenters. The molecule has 4 heteroatoms. The van der Waals surface area contributed by atoms with Gasteiger partial charge in [0.2, 0.25) is 5.91 Å². The van der Waals surface area contributed by atoms with Gasteiger partial charge < -0.3 is 15.5 Å². The minimum atomic E-state index is 0.0267. The highest BCUT2D eigenvalue weighted by Crippen LogP contribution is 2.22. The van der Waals surface area contributed by atoms with Gasteiger partial charge in [-0.05, 0) is 57.0 Å². The summed E-state index contributed by atoms with van der Waals surface area (Å²) in [6.45, 7) is 11.1. The van der Waals surface area contributed by atoms with Crippen molar-refractivity contribution >= 4 is 17.3 Å². The lowest BCUT2D eigenvalue weighted by Crippen LogP contribution is -2.28. The maximum atomic E-state index is 12.2. The van der Waals surface area contributed by atoms with Crippen molar-refractivity contribution in [3.63, 3.8) is 0 Å². The first-order chi connectivity index (χ1) is 12.5. The maximum absolute atomic E-state index is 12.2. The number of anilines is 2. The zero-order valence-electron chi connectivity index (χ0n) is 16.4. The van der Waals surface area contributed by atoms with Gasteiger partial charge in [-0.2, -0.15) is 0 Å². The van der Waals surface area contributed by atoms with E-state index in [2.05, 4.69) is 54.5 Å². The van der Waals surface area contributed by atoms with E-state index in [9.17, 15) is 4.79 Å². The second kappa shape index (κ2) is 9.85. The van der Waals surface area contributed by atoms with Crippen LogP contribution in [0.15, 0.2) is 48.5 Å². The molecule has 0 saturated heterocycles. The molecule has 1 amide bonds. The Morgan fingerprint density at radius 3 is 2.38 bits per heavy atom. The second-order valence-electron chi connectivity index (χ2n) is 6.55. The number of rotatable bonds is 9. The van der Waals surface area contributed by atoms with Crippen LogP contribution in [0.25, 0.3) is 0 Å². The summed E-state index contributed by atoms with van der Waals surface area (Å²) in [5.74, 6) is 0.0614. The summed E-state index contributed by atoms with van der Waals surface area (Å²) in [5, 5.41) is 6.43. The predicted octanol–water partition coefficient (Wildman–Crippen LogP) is 4.52. The lowest BCUT2D eigenvalue weighted by atomic mass is 10.1. The van der Waals surface area contributed by atoms with Gasteiger partial charge in [-0.15, -0.1) is 0 Å². The Morgan fingerprint density at radius 2 is 1.77 bits per heavy atom. The Hall–Kier alpha value is -2.49. The molecule has 26 heavy (non-hydrogen) atoms. The Labute approximate surface area is 157 Å². The van der Waals surface area contributed by atoms with Crippen LogP contribution in [0.1, 0.15) is 44.4 Å². The molecular formula is C22H31N3O. The van der Waals surface area contributed by atoms with Crippen LogP contribution in [0, 0.1) is 6.92 Å².